The lowest BCUT2D eigenvalue weighted by molar-refractivity contribution is 0.104. The van der Waals surface area contributed by atoms with Crippen molar-refractivity contribution in [3.8, 4) is 5.75 Å². The summed E-state index contributed by atoms with van der Waals surface area (Å²) in [6, 6.07) is 15.4. The van der Waals surface area contributed by atoms with Gasteiger partial charge in [0.25, 0.3) is 0 Å². The van der Waals surface area contributed by atoms with E-state index >= 15 is 0 Å². The second-order valence-corrected chi connectivity index (χ2v) is 5.98. The van der Waals surface area contributed by atoms with Crippen molar-refractivity contribution in [2.45, 2.75) is 0 Å². The molecule has 26 heavy (non-hydrogen) atoms. The number of morpholine rings is 1. The Morgan fingerprint density at radius 3 is 2.58 bits per heavy atom. The van der Waals surface area contributed by atoms with Gasteiger partial charge in [0.1, 0.15) is 12.4 Å². The Hall–Kier alpha value is -2.85. The number of para-hydroxylation sites is 1. The highest BCUT2D eigenvalue weighted by atomic mass is 16.5. The van der Waals surface area contributed by atoms with Crippen molar-refractivity contribution in [3.63, 3.8) is 0 Å². The summed E-state index contributed by atoms with van der Waals surface area (Å²) in [5.41, 5.74) is 2.66. The van der Waals surface area contributed by atoms with Crippen LogP contribution in [0.2, 0.25) is 0 Å². The fourth-order valence-electron chi connectivity index (χ4n) is 2.82. The van der Waals surface area contributed by atoms with Gasteiger partial charge in [0.05, 0.1) is 13.2 Å². The highest BCUT2D eigenvalue weighted by Gasteiger charge is 2.11. The van der Waals surface area contributed by atoms with Crippen molar-refractivity contribution >= 4 is 17.5 Å². The van der Waals surface area contributed by atoms with E-state index in [9.17, 15) is 4.79 Å². The molecule has 3 rings (SSSR count). The lowest BCUT2D eigenvalue weighted by atomic mass is 10.1. The number of benzene rings is 2. The maximum absolute atomic E-state index is 12.5. The first-order chi connectivity index (χ1) is 12.8. The summed E-state index contributed by atoms with van der Waals surface area (Å²) in [5.74, 6) is 0.705. The first kappa shape index (κ1) is 18.0. The maximum Gasteiger partial charge on any atom is 0.185 e. The van der Waals surface area contributed by atoms with E-state index in [0.717, 1.165) is 43.3 Å². The van der Waals surface area contributed by atoms with Gasteiger partial charge in [-0.1, -0.05) is 30.9 Å². The number of ketones is 1. The number of hydrogen-bond acceptors (Lipinski definition) is 4. The molecule has 1 fully saturated rings. The van der Waals surface area contributed by atoms with Crippen LogP contribution in [0.25, 0.3) is 6.08 Å². The van der Waals surface area contributed by atoms with Gasteiger partial charge in [-0.3, -0.25) is 4.79 Å². The zero-order valence-electron chi connectivity index (χ0n) is 14.8. The smallest absolute Gasteiger partial charge is 0.185 e. The standard InChI is InChI=1S/C22H23NO3/c1-2-15-26-22-6-4-3-5-19(22)9-12-21(24)18-7-10-20(11-8-18)23-13-16-25-17-14-23/h2-12H,1,13-17H2/b12-9+. The van der Waals surface area contributed by atoms with E-state index in [1.54, 1.807) is 18.2 Å². The summed E-state index contributed by atoms with van der Waals surface area (Å²) in [6.07, 6.45) is 5.07. The Labute approximate surface area is 154 Å². The van der Waals surface area contributed by atoms with Gasteiger partial charge in [0.2, 0.25) is 0 Å². The van der Waals surface area contributed by atoms with Gasteiger partial charge < -0.3 is 14.4 Å². The van der Waals surface area contributed by atoms with Crippen LogP contribution in [0.3, 0.4) is 0 Å². The minimum Gasteiger partial charge on any atom is -0.489 e. The number of carbonyl (C=O) groups excluding carboxylic acids is 1. The number of carbonyl (C=O) groups is 1. The van der Waals surface area contributed by atoms with Crippen LogP contribution in [-0.4, -0.2) is 38.7 Å². The van der Waals surface area contributed by atoms with Gasteiger partial charge in [0.15, 0.2) is 5.78 Å². The number of nitrogens with zero attached hydrogens (tertiary/aromatic N) is 1. The summed E-state index contributed by atoms with van der Waals surface area (Å²) in [5, 5.41) is 0. The zero-order chi connectivity index (χ0) is 18.2. The molecule has 0 aliphatic carbocycles. The molecule has 1 heterocycles. The summed E-state index contributed by atoms with van der Waals surface area (Å²) in [7, 11) is 0. The fraction of sp³-hybridized carbons (Fsp3) is 0.227. The van der Waals surface area contributed by atoms with Gasteiger partial charge in [-0.25, -0.2) is 0 Å². The molecule has 0 amide bonds. The van der Waals surface area contributed by atoms with Gasteiger partial charge >= 0.3 is 0 Å². The molecule has 0 aromatic heterocycles. The van der Waals surface area contributed by atoms with E-state index < -0.39 is 0 Å². The minimum absolute atomic E-state index is 0.0305. The van der Waals surface area contributed by atoms with Crippen LogP contribution in [-0.2, 0) is 4.74 Å². The fourth-order valence-corrected chi connectivity index (χ4v) is 2.82. The zero-order valence-corrected chi connectivity index (χ0v) is 14.8. The molecular formula is C22H23NO3. The number of allylic oxidation sites excluding steroid dienone is 1. The molecule has 0 unspecified atom stereocenters. The third-order valence-electron chi connectivity index (χ3n) is 4.22. The van der Waals surface area contributed by atoms with Crippen molar-refractivity contribution in [2.75, 3.05) is 37.8 Å². The summed E-state index contributed by atoms with van der Waals surface area (Å²) in [6.45, 7) is 7.35. The van der Waals surface area contributed by atoms with E-state index in [2.05, 4.69) is 11.5 Å². The lowest BCUT2D eigenvalue weighted by Crippen LogP contribution is -2.36. The van der Waals surface area contributed by atoms with Crippen LogP contribution in [0, 0.1) is 0 Å². The highest BCUT2D eigenvalue weighted by Crippen LogP contribution is 2.21. The molecule has 1 aliphatic rings. The van der Waals surface area contributed by atoms with Crippen LogP contribution in [0.15, 0.2) is 67.3 Å². The Balaban J connectivity index is 1.68. The summed E-state index contributed by atoms with van der Waals surface area (Å²) >= 11 is 0. The number of anilines is 1. The molecule has 134 valence electrons. The first-order valence-corrected chi connectivity index (χ1v) is 8.76. The molecule has 0 radical (unpaired) electrons. The van der Waals surface area contributed by atoms with E-state index in [1.165, 1.54) is 0 Å². The highest BCUT2D eigenvalue weighted by molar-refractivity contribution is 6.07. The van der Waals surface area contributed by atoms with Crippen LogP contribution in [0.5, 0.6) is 5.75 Å². The van der Waals surface area contributed by atoms with Crippen LogP contribution in [0.1, 0.15) is 15.9 Å². The number of ether oxygens (including phenoxy) is 2. The molecular weight excluding hydrogens is 326 g/mol. The third-order valence-corrected chi connectivity index (χ3v) is 4.22. The molecule has 4 nitrogen and oxygen atoms in total. The Morgan fingerprint density at radius 2 is 1.85 bits per heavy atom. The Kier molecular flexibility index (Phi) is 6.23. The SMILES string of the molecule is C=CCOc1ccccc1/C=C/C(=O)c1ccc(N2CCOCC2)cc1. The van der Waals surface area contributed by atoms with E-state index in [-0.39, 0.29) is 5.78 Å². The monoisotopic (exact) mass is 349 g/mol. The van der Waals surface area contributed by atoms with Crippen molar-refractivity contribution in [3.05, 3.63) is 78.4 Å². The van der Waals surface area contributed by atoms with Crippen LogP contribution in [0.4, 0.5) is 5.69 Å². The maximum atomic E-state index is 12.5. The Bertz CT molecular complexity index is 774. The molecule has 2 aromatic rings. The number of hydrogen-bond donors (Lipinski definition) is 0. The average Bonchev–Trinajstić information content (AvgIpc) is 2.72. The summed E-state index contributed by atoms with van der Waals surface area (Å²) in [4.78, 5) is 14.7. The normalized spacial score (nSPS) is 14.4. The molecule has 0 bridgehead atoms. The first-order valence-electron chi connectivity index (χ1n) is 8.76. The molecule has 1 saturated heterocycles. The second-order valence-electron chi connectivity index (χ2n) is 5.98. The predicted molar refractivity (Wildman–Crippen MR) is 105 cm³/mol. The van der Waals surface area contributed by atoms with Crippen molar-refractivity contribution in [1.82, 2.24) is 0 Å². The predicted octanol–water partition coefficient (Wildman–Crippen LogP) is 3.98. The average molecular weight is 349 g/mol. The summed E-state index contributed by atoms with van der Waals surface area (Å²) < 4.78 is 11.0. The molecule has 1 aliphatic heterocycles. The van der Waals surface area contributed by atoms with Crippen LogP contribution >= 0.6 is 0 Å². The van der Waals surface area contributed by atoms with E-state index in [0.29, 0.717) is 12.2 Å². The van der Waals surface area contributed by atoms with Crippen molar-refractivity contribution in [1.29, 1.82) is 0 Å². The molecule has 0 atom stereocenters. The van der Waals surface area contributed by atoms with Crippen LogP contribution < -0.4 is 9.64 Å². The van der Waals surface area contributed by atoms with Crippen molar-refractivity contribution < 1.29 is 14.3 Å². The van der Waals surface area contributed by atoms with Gasteiger partial charge in [-0.05, 0) is 42.5 Å². The lowest BCUT2D eigenvalue weighted by Gasteiger charge is -2.28. The Morgan fingerprint density at radius 1 is 1.12 bits per heavy atom. The van der Waals surface area contributed by atoms with Gasteiger partial charge in [-0.15, -0.1) is 0 Å². The number of rotatable bonds is 7. The molecule has 4 heteroatoms. The molecule has 0 N–H and O–H groups in total. The van der Waals surface area contributed by atoms with E-state index in [1.807, 2.05) is 48.5 Å². The third kappa shape index (κ3) is 4.61. The molecule has 0 spiro atoms. The van der Waals surface area contributed by atoms with Gasteiger partial charge in [0, 0.05) is 29.9 Å². The largest absolute Gasteiger partial charge is 0.489 e. The molecule has 0 saturated carbocycles. The van der Waals surface area contributed by atoms with Crippen molar-refractivity contribution in [2.24, 2.45) is 0 Å². The minimum atomic E-state index is -0.0305. The van der Waals surface area contributed by atoms with E-state index in [4.69, 9.17) is 9.47 Å². The molecule has 2 aromatic carbocycles. The second kappa shape index (κ2) is 9.02. The van der Waals surface area contributed by atoms with Gasteiger partial charge in [-0.2, -0.15) is 0 Å². The topological polar surface area (TPSA) is 38.8 Å². The quantitative estimate of drug-likeness (QED) is 0.430.